The largest absolute Gasteiger partial charge is 0.330 e. The average Bonchev–Trinajstić information content (AvgIpc) is 2.59. The van der Waals surface area contributed by atoms with Crippen molar-refractivity contribution in [3.05, 3.63) is 52.6 Å². The Balaban J connectivity index is 2.28. The summed E-state index contributed by atoms with van der Waals surface area (Å²) in [7, 11) is 0. The van der Waals surface area contributed by atoms with Gasteiger partial charge in [0.2, 0.25) is 0 Å². The van der Waals surface area contributed by atoms with Gasteiger partial charge in [0.05, 0.1) is 5.69 Å². The van der Waals surface area contributed by atoms with Gasteiger partial charge >= 0.3 is 0 Å². The van der Waals surface area contributed by atoms with Crippen molar-refractivity contribution in [1.82, 2.24) is 9.55 Å². The molecule has 0 aliphatic carbocycles. The third kappa shape index (κ3) is 2.79. The SMILES string of the molecule is Cc1cc(C)cc(Cn2cc(C(C)N)nc2C)c1. The lowest BCUT2D eigenvalue weighted by Crippen LogP contribution is -2.05. The molecule has 0 aliphatic rings. The van der Waals surface area contributed by atoms with E-state index in [1.165, 1.54) is 16.7 Å². The highest BCUT2D eigenvalue weighted by molar-refractivity contribution is 5.29. The zero-order chi connectivity index (χ0) is 13.3. The van der Waals surface area contributed by atoms with E-state index in [0.29, 0.717) is 0 Å². The monoisotopic (exact) mass is 243 g/mol. The summed E-state index contributed by atoms with van der Waals surface area (Å²) >= 11 is 0. The van der Waals surface area contributed by atoms with Crippen molar-refractivity contribution in [1.29, 1.82) is 0 Å². The van der Waals surface area contributed by atoms with Crippen LogP contribution in [0.15, 0.2) is 24.4 Å². The topological polar surface area (TPSA) is 43.8 Å². The zero-order valence-corrected chi connectivity index (χ0v) is 11.6. The normalized spacial score (nSPS) is 12.7. The van der Waals surface area contributed by atoms with E-state index in [9.17, 15) is 0 Å². The van der Waals surface area contributed by atoms with Crippen LogP contribution in [0.2, 0.25) is 0 Å². The molecule has 0 radical (unpaired) electrons. The lowest BCUT2D eigenvalue weighted by atomic mass is 10.1. The van der Waals surface area contributed by atoms with E-state index in [1.54, 1.807) is 0 Å². The number of benzene rings is 1. The molecule has 0 saturated carbocycles. The van der Waals surface area contributed by atoms with Crippen LogP contribution >= 0.6 is 0 Å². The van der Waals surface area contributed by atoms with Crippen molar-refractivity contribution in [2.24, 2.45) is 5.73 Å². The number of hydrogen-bond acceptors (Lipinski definition) is 2. The van der Waals surface area contributed by atoms with E-state index in [4.69, 9.17) is 5.73 Å². The molecule has 2 rings (SSSR count). The van der Waals surface area contributed by atoms with Crippen molar-refractivity contribution >= 4 is 0 Å². The van der Waals surface area contributed by atoms with Gasteiger partial charge < -0.3 is 10.3 Å². The van der Waals surface area contributed by atoms with Crippen LogP contribution in [-0.2, 0) is 6.54 Å². The van der Waals surface area contributed by atoms with Crippen LogP contribution in [0.1, 0.15) is 41.2 Å². The fourth-order valence-electron chi connectivity index (χ4n) is 2.27. The summed E-state index contributed by atoms with van der Waals surface area (Å²) in [6, 6.07) is 6.62. The van der Waals surface area contributed by atoms with Crippen molar-refractivity contribution in [2.75, 3.05) is 0 Å². The molecule has 0 spiro atoms. The van der Waals surface area contributed by atoms with Crippen LogP contribution in [0.5, 0.6) is 0 Å². The first-order chi connectivity index (χ1) is 8.45. The first kappa shape index (κ1) is 12.8. The lowest BCUT2D eigenvalue weighted by Gasteiger charge is -2.07. The van der Waals surface area contributed by atoms with Crippen LogP contribution < -0.4 is 5.73 Å². The number of imidazole rings is 1. The van der Waals surface area contributed by atoms with E-state index in [-0.39, 0.29) is 6.04 Å². The third-order valence-electron chi connectivity index (χ3n) is 3.10. The van der Waals surface area contributed by atoms with Crippen LogP contribution in [-0.4, -0.2) is 9.55 Å². The maximum Gasteiger partial charge on any atom is 0.106 e. The Labute approximate surface area is 109 Å². The predicted octanol–water partition coefficient (Wildman–Crippen LogP) is 2.88. The molecule has 2 N–H and O–H groups in total. The van der Waals surface area contributed by atoms with Crippen LogP contribution in [0, 0.1) is 20.8 Å². The predicted molar refractivity (Wildman–Crippen MR) is 74.6 cm³/mol. The first-order valence-electron chi connectivity index (χ1n) is 6.32. The summed E-state index contributed by atoms with van der Waals surface area (Å²) in [6.45, 7) is 9.10. The molecule has 0 saturated heterocycles. The van der Waals surface area contributed by atoms with Crippen molar-refractivity contribution < 1.29 is 0 Å². The lowest BCUT2D eigenvalue weighted by molar-refractivity contribution is 0.758. The van der Waals surface area contributed by atoms with Gasteiger partial charge in [-0.1, -0.05) is 29.3 Å². The van der Waals surface area contributed by atoms with E-state index in [1.807, 2.05) is 13.8 Å². The average molecular weight is 243 g/mol. The van der Waals surface area contributed by atoms with Gasteiger partial charge in [-0.25, -0.2) is 4.98 Å². The standard InChI is InChI=1S/C15H21N3/c1-10-5-11(2)7-14(6-10)8-18-9-15(12(3)16)17-13(18)4/h5-7,9,12H,8,16H2,1-4H3. The highest BCUT2D eigenvalue weighted by Crippen LogP contribution is 2.14. The van der Waals surface area contributed by atoms with Gasteiger partial charge in [-0.2, -0.15) is 0 Å². The molecular formula is C15H21N3. The van der Waals surface area contributed by atoms with Gasteiger partial charge in [-0.05, 0) is 33.3 Å². The number of hydrogen-bond donors (Lipinski definition) is 1. The van der Waals surface area contributed by atoms with E-state index >= 15 is 0 Å². The molecule has 0 aliphatic heterocycles. The smallest absolute Gasteiger partial charge is 0.106 e. The molecule has 18 heavy (non-hydrogen) atoms. The summed E-state index contributed by atoms with van der Waals surface area (Å²) < 4.78 is 2.16. The molecule has 1 atom stereocenters. The summed E-state index contributed by atoms with van der Waals surface area (Å²) in [6.07, 6.45) is 2.05. The van der Waals surface area contributed by atoms with Crippen LogP contribution in [0.4, 0.5) is 0 Å². The fourth-order valence-corrected chi connectivity index (χ4v) is 2.27. The zero-order valence-electron chi connectivity index (χ0n) is 11.6. The summed E-state index contributed by atoms with van der Waals surface area (Å²) in [5, 5.41) is 0. The van der Waals surface area contributed by atoms with Crippen LogP contribution in [0.25, 0.3) is 0 Å². The molecule has 0 bridgehead atoms. The van der Waals surface area contributed by atoms with Crippen molar-refractivity contribution in [2.45, 2.75) is 40.3 Å². The summed E-state index contributed by atoms with van der Waals surface area (Å²) in [5.41, 5.74) is 10.7. The van der Waals surface area contributed by atoms with Crippen LogP contribution in [0.3, 0.4) is 0 Å². The number of nitrogens with two attached hydrogens (primary N) is 1. The van der Waals surface area contributed by atoms with Gasteiger partial charge in [-0.3, -0.25) is 0 Å². The molecule has 1 heterocycles. The molecule has 3 nitrogen and oxygen atoms in total. The minimum atomic E-state index is -0.0100. The highest BCUT2D eigenvalue weighted by Gasteiger charge is 2.08. The number of rotatable bonds is 3. The minimum absolute atomic E-state index is 0.0100. The van der Waals surface area contributed by atoms with Gasteiger partial charge in [-0.15, -0.1) is 0 Å². The summed E-state index contributed by atoms with van der Waals surface area (Å²) in [4.78, 5) is 4.49. The van der Waals surface area contributed by atoms with E-state index in [2.05, 4.69) is 47.8 Å². The molecule has 1 aromatic carbocycles. The fraction of sp³-hybridized carbons (Fsp3) is 0.400. The molecule has 1 aromatic heterocycles. The van der Waals surface area contributed by atoms with Crippen molar-refractivity contribution in [3.63, 3.8) is 0 Å². The van der Waals surface area contributed by atoms with Gasteiger partial charge in [0.15, 0.2) is 0 Å². The second kappa shape index (κ2) is 4.94. The molecule has 3 heteroatoms. The Morgan fingerprint density at radius 3 is 2.28 bits per heavy atom. The summed E-state index contributed by atoms with van der Waals surface area (Å²) in [5.74, 6) is 1.02. The first-order valence-corrected chi connectivity index (χ1v) is 6.32. The molecule has 2 aromatic rings. The van der Waals surface area contributed by atoms with Gasteiger partial charge in [0, 0.05) is 18.8 Å². The maximum absolute atomic E-state index is 5.86. The Kier molecular flexibility index (Phi) is 3.53. The third-order valence-corrected chi connectivity index (χ3v) is 3.10. The number of aryl methyl sites for hydroxylation is 3. The Morgan fingerprint density at radius 1 is 1.17 bits per heavy atom. The Morgan fingerprint density at radius 2 is 1.78 bits per heavy atom. The quantitative estimate of drug-likeness (QED) is 0.900. The van der Waals surface area contributed by atoms with E-state index < -0.39 is 0 Å². The molecule has 96 valence electrons. The Bertz CT molecular complexity index is 533. The second-order valence-electron chi connectivity index (χ2n) is 5.13. The maximum atomic E-state index is 5.86. The van der Waals surface area contributed by atoms with Gasteiger partial charge in [0.1, 0.15) is 5.82 Å². The van der Waals surface area contributed by atoms with E-state index in [0.717, 1.165) is 18.1 Å². The Hall–Kier alpha value is -1.61. The number of nitrogens with zero attached hydrogens (tertiary/aromatic N) is 2. The minimum Gasteiger partial charge on any atom is -0.330 e. The van der Waals surface area contributed by atoms with Gasteiger partial charge in [0.25, 0.3) is 0 Å². The highest BCUT2D eigenvalue weighted by atomic mass is 15.1. The second-order valence-corrected chi connectivity index (χ2v) is 5.13. The molecule has 0 amide bonds. The van der Waals surface area contributed by atoms with Crippen molar-refractivity contribution in [3.8, 4) is 0 Å². The molecular weight excluding hydrogens is 222 g/mol. The number of aromatic nitrogens is 2. The molecule has 0 fully saturated rings. The molecule has 1 unspecified atom stereocenters.